The number of aryl methyl sites for hydroxylation is 2. The first kappa shape index (κ1) is 39.5. The zero-order valence-electron chi connectivity index (χ0n) is 44.7. The molecule has 0 N–H and O–H groups in total. The average Bonchev–Trinajstić information content (AvgIpc) is 3.90. The van der Waals surface area contributed by atoms with Gasteiger partial charge >= 0.3 is 20.1 Å². The van der Waals surface area contributed by atoms with Gasteiger partial charge in [-0.2, -0.15) is 35.6 Å². The maximum Gasteiger partial charge on any atom is 3.00 e. The van der Waals surface area contributed by atoms with E-state index in [1.165, 1.54) is 21.5 Å². The molecule has 0 amide bonds. The molecule has 0 aliphatic heterocycles. The summed E-state index contributed by atoms with van der Waals surface area (Å²) < 4.78 is 58.2. The van der Waals surface area contributed by atoms with Crippen molar-refractivity contribution in [2.75, 3.05) is 0 Å². The minimum Gasteiger partial charge on any atom is -0.499 e. The molecule has 9 rings (SSSR count). The van der Waals surface area contributed by atoms with Crippen LogP contribution in [-0.2, 0) is 32.5 Å². The fraction of sp³-hybridized carbons (Fsp3) is 0.259. The maximum atomic E-state index is 10.5. The number of aromatic nitrogens is 3. The van der Waals surface area contributed by atoms with E-state index in [9.17, 15) is 5.26 Å². The molecule has 0 unspecified atom stereocenters. The second kappa shape index (κ2) is 18.5. The quantitative estimate of drug-likeness (QED) is 0.0908. The third kappa shape index (κ3) is 9.05. The van der Waals surface area contributed by atoms with E-state index in [0.29, 0.717) is 39.1 Å². The maximum absolute atomic E-state index is 10.5. The van der Waals surface area contributed by atoms with Gasteiger partial charge in [-0.25, -0.2) is 0 Å². The number of benzene rings is 6. The van der Waals surface area contributed by atoms with Crippen LogP contribution in [0.2, 0.25) is 19.6 Å². The zero-order chi connectivity index (χ0) is 50.7. The summed E-state index contributed by atoms with van der Waals surface area (Å²) in [4.78, 5) is 4.82. The second-order valence-corrected chi connectivity index (χ2v) is 24.2. The predicted octanol–water partition coefficient (Wildman–Crippen LogP) is 14.1. The summed E-state index contributed by atoms with van der Waals surface area (Å²) in [6, 6.07) is 46.3. The number of nitrogens with zero attached hydrogens (tertiary/aromatic N) is 4. The Hall–Kier alpha value is -5.90. The molecule has 0 saturated heterocycles. The monoisotopic (exact) mass is 1050 g/mol. The molecule has 0 fully saturated rings. The van der Waals surface area contributed by atoms with Crippen molar-refractivity contribution in [2.45, 2.75) is 92.2 Å². The topological polar surface area (TPSA) is 58.6 Å². The van der Waals surface area contributed by atoms with Crippen LogP contribution < -0.4 is 9.75 Å². The van der Waals surface area contributed by atoms with Crippen molar-refractivity contribution in [3.05, 3.63) is 168 Å². The van der Waals surface area contributed by atoms with Crippen LogP contribution in [0.5, 0.6) is 0 Å². The molecule has 3 heterocycles. The molecule has 0 atom stereocenters. The second-order valence-electron chi connectivity index (χ2n) is 19.2. The smallest absolute Gasteiger partial charge is 0.499 e. The molecule has 0 spiro atoms. The summed E-state index contributed by atoms with van der Waals surface area (Å²) in [5.74, 6) is 0.294. The van der Waals surface area contributed by atoms with Gasteiger partial charge in [-0.05, 0) is 68.7 Å². The van der Waals surface area contributed by atoms with Crippen molar-refractivity contribution in [2.24, 2.45) is 6.98 Å². The number of hydrogen-bond acceptors (Lipinski definition) is 3. The van der Waals surface area contributed by atoms with Crippen molar-refractivity contribution in [3.8, 4) is 45.3 Å². The number of para-hydroxylation sites is 3. The Morgan fingerprint density at radius 3 is 2.14 bits per heavy atom. The van der Waals surface area contributed by atoms with E-state index in [0.717, 1.165) is 49.8 Å². The Morgan fingerprint density at radius 1 is 0.831 bits per heavy atom. The molecule has 0 aliphatic rings. The van der Waals surface area contributed by atoms with Gasteiger partial charge in [-0.15, -0.1) is 17.3 Å². The fourth-order valence-corrected chi connectivity index (χ4v) is 10.0. The van der Waals surface area contributed by atoms with Crippen LogP contribution in [0.15, 0.2) is 126 Å². The van der Waals surface area contributed by atoms with Crippen LogP contribution in [0.1, 0.15) is 96.3 Å². The summed E-state index contributed by atoms with van der Waals surface area (Å²) in [6.45, 7) is 17.6. The summed E-state index contributed by atoms with van der Waals surface area (Å²) in [5, 5.41) is 13.6. The number of nitriles is 1. The largest absolute Gasteiger partial charge is 3.00 e. The number of fused-ring (bicyclic) bond motifs is 4. The van der Waals surface area contributed by atoms with Crippen molar-refractivity contribution >= 4 is 46.2 Å². The molecular formula is C58H58IrN4OSi+. The molecule has 9 aromatic rings. The van der Waals surface area contributed by atoms with Crippen LogP contribution in [0.3, 0.4) is 0 Å². The van der Waals surface area contributed by atoms with E-state index >= 15 is 0 Å². The molecule has 65 heavy (non-hydrogen) atoms. The molecular weight excluding hydrogens is 989 g/mol. The van der Waals surface area contributed by atoms with E-state index in [-0.39, 0.29) is 42.9 Å². The molecule has 7 heteroatoms. The third-order valence-corrected chi connectivity index (χ3v) is 14.0. The molecule has 5 nitrogen and oxygen atoms in total. The van der Waals surface area contributed by atoms with Gasteiger partial charge in [0.05, 0.1) is 27.7 Å². The van der Waals surface area contributed by atoms with Gasteiger partial charge in [-0.1, -0.05) is 170 Å². The number of hydrogen-bond donors (Lipinski definition) is 0. The van der Waals surface area contributed by atoms with Crippen LogP contribution in [0, 0.1) is 36.6 Å². The van der Waals surface area contributed by atoms with Crippen molar-refractivity contribution in [1.82, 2.24) is 9.55 Å². The Kier molecular flexibility index (Phi) is 11.2. The Balaban J connectivity index is 0.000000308. The van der Waals surface area contributed by atoms with Crippen LogP contribution in [0.25, 0.3) is 72.2 Å². The normalized spacial score (nSPS) is 13.6. The first-order valence-electron chi connectivity index (χ1n) is 24.9. The number of rotatable bonds is 7. The van der Waals surface area contributed by atoms with Gasteiger partial charge < -0.3 is 18.5 Å². The molecule has 0 radical (unpaired) electrons. The summed E-state index contributed by atoms with van der Waals surface area (Å²) >= 11 is 0. The van der Waals surface area contributed by atoms with E-state index in [1.807, 2.05) is 78.9 Å². The predicted molar refractivity (Wildman–Crippen MR) is 268 cm³/mol. The van der Waals surface area contributed by atoms with Crippen molar-refractivity contribution in [3.63, 3.8) is 0 Å². The minimum atomic E-state index is -2.39. The molecule has 0 saturated carbocycles. The zero-order valence-corrected chi connectivity index (χ0v) is 42.1. The van der Waals surface area contributed by atoms with Crippen LogP contribution in [-0.4, -0.2) is 17.6 Å². The van der Waals surface area contributed by atoms with Gasteiger partial charge in [-0.3, -0.25) is 0 Å². The standard InChI is InChI=1S/C44H47N2OSi.C14H11N2.Ir/c1-26(2)34-21-30(44(6,7)8)22-35(27(3)4)40(34)36-23-38(46-25-28(36)5)32-19-20-39(48(9,10)11)41-33-18-17-31(29-15-13-12-14-16-29)37(24-45)42(33)47-43(32)41;1-15-11-16(12-7-3-2-4-8-12)14-10-6-5-9-13(14)15;/h12-18,20-23,25-27H,1-11H3;2-7,9-10H,1H3;/q2*-1;+3/i5D3;1D3;. The van der Waals surface area contributed by atoms with E-state index in [1.54, 1.807) is 16.7 Å². The minimum absolute atomic E-state index is 0. The number of furan rings is 1. The third-order valence-electron chi connectivity index (χ3n) is 12.0. The molecule has 0 bridgehead atoms. The summed E-state index contributed by atoms with van der Waals surface area (Å²) in [5.41, 5.74) is 12.0. The van der Waals surface area contributed by atoms with E-state index in [4.69, 9.17) is 17.6 Å². The van der Waals surface area contributed by atoms with Crippen LogP contribution in [0.4, 0.5) is 0 Å². The van der Waals surface area contributed by atoms with E-state index < -0.39 is 21.9 Å². The van der Waals surface area contributed by atoms with Crippen molar-refractivity contribution in [1.29, 1.82) is 5.26 Å². The Bertz CT molecular complexity index is 3420. The van der Waals surface area contributed by atoms with Gasteiger partial charge in [0.25, 0.3) is 0 Å². The van der Waals surface area contributed by atoms with Gasteiger partial charge in [0.1, 0.15) is 17.2 Å². The number of imidazole rings is 1. The SMILES string of the molecule is [2H]C([2H])([2H])[n+]1[c-]n(-c2[c-]cccc2)c2ccccc21.[2H]C([2H])([2H])c1cnc(-c2[c-]cc([Si](C)(C)C)c3c2oc2c(C#N)c(-c4ccccc4)ccc23)cc1-c1c(C(C)C)cc(C(C)(C)C)cc1C(C)C.[Ir+3]. The van der Waals surface area contributed by atoms with Crippen LogP contribution >= 0.6 is 0 Å². The molecule has 6 aromatic carbocycles. The van der Waals surface area contributed by atoms with Crippen molar-refractivity contribution < 1.29 is 37.3 Å². The fourth-order valence-electron chi connectivity index (χ4n) is 8.54. The summed E-state index contributed by atoms with van der Waals surface area (Å²) in [6.07, 6.45) is 4.41. The first-order valence-corrected chi connectivity index (χ1v) is 25.4. The van der Waals surface area contributed by atoms with E-state index in [2.05, 4.69) is 117 Å². The van der Waals surface area contributed by atoms with Gasteiger partial charge in [0.2, 0.25) is 6.33 Å². The Labute approximate surface area is 408 Å². The molecule has 328 valence electrons. The first-order chi connectivity index (χ1) is 32.9. The van der Waals surface area contributed by atoms with Gasteiger partial charge in [0, 0.05) is 29.3 Å². The van der Waals surface area contributed by atoms with Gasteiger partial charge in [0.15, 0.2) is 0 Å². The average molecular weight is 1050 g/mol. The Morgan fingerprint density at radius 2 is 1.52 bits per heavy atom. The number of pyridine rings is 1. The summed E-state index contributed by atoms with van der Waals surface area (Å²) in [7, 11) is -1.94. The molecule has 3 aromatic heterocycles. The molecule has 0 aliphatic carbocycles.